The quantitative estimate of drug-likeness (QED) is 0.731. The van der Waals surface area contributed by atoms with E-state index in [2.05, 4.69) is 19.4 Å². The lowest BCUT2D eigenvalue weighted by Gasteiger charge is -2.28. The molecule has 1 amide bonds. The molecule has 0 fully saturated rings. The van der Waals surface area contributed by atoms with E-state index in [9.17, 15) is 4.79 Å². The predicted octanol–water partition coefficient (Wildman–Crippen LogP) is 2.36. The van der Waals surface area contributed by atoms with Gasteiger partial charge >= 0.3 is 0 Å². The van der Waals surface area contributed by atoms with Crippen LogP contribution in [-0.4, -0.2) is 45.0 Å². The van der Waals surface area contributed by atoms with Crippen molar-refractivity contribution in [3.8, 4) is 0 Å². The number of thiazole rings is 1. The molecule has 0 aliphatic carbocycles. The highest BCUT2D eigenvalue weighted by Gasteiger charge is 2.23. The van der Waals surface area contributed by atoms with Crippen LogP contribution in [0.3, 0.4) is 0 Å². The Balaban J connectivity index is 1.50. The fourth-order valence-electron chi connectivity index (χ4n) is 3.03. The van der Waals surface area contributed by atoms with Gasteiger partial charge in [-0.25, -0.2) is 9.97 Å². The number of benzene rings is 1. The zero-order valence-electron chi connectivity index (χ0n) is 13.6. The SMILES string of the molecule is CCN(C(=O)CN1CCn2ccnc2C1)c1nc2ccccc2s1. The lowest BCUT2D eigenvalue weighted by atomic mass is 10.3. The van der Waals surface area contributed by atoms with Crippen molar-refractivity contribution in [3.05, 3.63) is 42.5 Å². The van der Waals surface area contributed by atoms with E-state index in [1.165, 1.54) is 0 Å². The highest BCUT2D eigenvalue weighted by molar-refractivity contribution is 7.22. The predicted molar refractivity (Wildman–Crippen MR) is 95.2 cm³/mol. The third-order valence-electron chi connectivity index (χ3n) is 4.31. The molecule has 7 heteroatoms. The molecule has 0 N–H and O–H groups in total. The molecule has 3 heterocycles. The van der Waals surface area contributed by atoms with Crippen LogP contribution in [0.2, 0.25) is 0 Å². The average molecular weight is 341 g/mol. The van der Waals surface area contributed by atoms with Gasteiger partial charge in [0, 0.05) is 32.0 Å². The Morgan fingerprint density at radius 3 is 3.04 bits per heavy atom. The van der Waals surface area contributed by atoms with Crippen molar-refractivity contribution in [2.45, 2.75) is 20.0 Å². The molecule has 0 unspecified atom stereocenters. The first-order valence-electron chi connectivity index (χ1n) is 8.13. The maximum absolute atomic E-state index is 12.8. The van der Waals surface area contributed by atoms with E-state index >= 15 is 0 Å². The number of carbonyl (C=O) groups is 1. The van der Waals surface area contributed by atoms with Gasteiger partial charge in [0.05, 0.1) is 23.3 Å². The smallest absolute Gasteiger partial charge is 0.242 e. The van der Waals surface area contributed by atoms with E-state index in [1.807, 2.05) is 43.6 Å². The molecule has 0 saturated carbocycles. The zero-order valence-corrected chi connectivity index (χ0v) is 14.4. The minimum atomic E-state index is 0.0940. The topological polar surface area (TPSA) is 54.3 Å². The summed E-state index contributed by atoms with van der Waals surface area (Å²) in [4.78, 5) is 25.7. The molecule has 0 spiro atoms. The number of likely N-dealkylation sites (N-methyl/N-ethyl adjacent to an activating group) is 1. The first-order chi connectivity index (χ1) is 11.7. The Hall–Kier alpha value is -2.25. The van der Waals surface area contributed by atoms with Gasteiger partial charge in [-0.3, -0.25) is 14.6 Å². The van der Waals surface area contributed by atoms with Crippen molar-refractivity contribution in [3.63, 3.8) is 0 Å². The summed E-state index contributed by atoms with van der Waals surface area (Å²) in [7, 11) is 0. The second-order valence-corrected chi connectivity index (χ2v) is 6.86. The van der Waals surface area contributed by atoms with Gasteiger partial charge in [-0.05, 0) is 19.1 Å². The molecule has 0 bridgehead atoms. The largest absolute Gasteiger partial charge is 0.333 e. The van der Waals surface area contributed by atoms with Crippen molar-refractivity contribution in [2.24, 2.45) is 0 Å². The molecule has 0 atom stereocenters. The summed E-state index contributed by atoms with van der Waals surface area (Å²) in [6.45, 7) is 5.49. The van der Waals surface area contributed by atoms with Gasteiger partial charge < -0.3 is 4.57 Å². The van der Waals surface area contributed by atoms with Crippen molar-refractivity contribution in [1.29, 1.82) is 0 Å². The maximum Gasteiger partial charge on any atom is 0.242 e. The summed E-state index contributed by atoms with van der Waals surface area (Å²) < 4.78 is 3.25. The van der Waals surface area contributed by atoms with Crippen LogP contribution in [0, 0.1) is 0 Å². The monoisotopic (exact) mass is 341 g/mol. The Morgan fingerprint density at radius 1 is 1.33 bits per heavy atom. The first-order valence-corrected chi connectivity index (χ1v) is 8.94. The number of imidazole rings is 1. The molecule has 2 aromatic heterocycles. The second kappa shape index (κ2) is 6.33. The third-order valence-corrected chi connectivity index (χ3v) is 5.37. The Kier molecular flexibility index (Phi) is 4.03. The molecule has 124 valence electrons. The zero-order chi connectivity index (χ0) is 16.5. The average Bonchev–Trinajstić information content (AvgIpc) is 3.21. The summed E-state index contributed by atoms with van der Waals surface area (Å²) in [6.07, 6.45) is 3.81. The number of nitrogens with zero attached hydrogens (tertiary/aromatic N) is 5. The molecule has 3 aromatic rings. The lowest BCUT2D eigenvalue weighted by Crippen LogP contribution is -2.43. The van der Waals surface area contributed by atoms with Gasteiger partial charge in [-0.2, -0.15) is 0 Å². The number of carbonyl (C=O) groups excluding carboxylic acids is 1. The van der Waals surface area contributed by atoms with Gasteiger partial charge in [0.15, 0.2) is 5.13 Å². The number of aromatic nitrogens is 3. The Labute approximate surface area is 144 Å². The van der Waals surface area contributed by atoms with E-state index in [0.717, 1.165) is 40.8 Å². The highest BCUT2D eigenvalue weighted by atomic mass is 32.1. The van der Waals surface area contributed by atoms with Gasteiger partial charge in [0.1, 0.15) is 5.82 Å². The molecule has 0 saturated heterocycles. The minimum absolute atomic E-state index is 0.0940. The summed E-state index contributed by atoms with van der Waals surface area (Å²) in [5.74, 6) is 1.12. The summed E-state index contributed by atoms with van der Waals surface area (Å²) in [6, 6.07) is 8.00. The van der Waals surface area contributed by atoms with Crippen molar-refractivity contribution in [2.75, 3.05) is 24.5 Å². The summed E-state index contributed by atoms with van der Waals surface area (Å²) in [5, 5.41) is 0.780. The van der Waals surface area contributed by atoms with Crippen LogP contribution in [0.25, 0.3) is 10.2 Å². The molecule has 1 aliphatic heterocycles. The van der Waals surface area contributed by atoms with E-state index in [0.29, 0.717) is 13.1 Å². The summed E-state index contributed by atoms with van der Waals surface area (Å²) >= 11 is 1.57. The van der Waals surface area contributed by atoms with Crippen LogP contribution in [-0.2, 0) is 17.9 Å². The van der Waals surface area contributed by atoms with Gasteiger partial charge in [0.25, 0.3) is 0 Å². The number of hydrogen-bond acceptors (Lipinski definition) is 5. The van der Waals surface area contributed by atoms with Gasteiger partial charge in [0.2, 0.25) is 5.91 Å². The Morgan fingerprint density at radius 2 is 2.21 bits per heavy atom. The van der Waals surface area contributed by atoms with Gasteiger partial charge in [-0.15, -0.1) is 0 Å². The number of hydrogen-bond donors (Lipinski definition) is 0. The summed E-state index contributed by atoms with van der Waals surface area (Å²) in [5.41, 5.74) is 0.948. The van der Waals surface area contributed by atoms with Gasteiger partial charge in [-0.1, -0.05) is 23.5 Å². The number of anilines is 1. The van der Waals surface area contributed by atoms with Crippen LogP contribution in [0.1, 0.15) is 12.7 Å². The van der Waals surface area contributed by atoms with Crippen molar-refractivity contribution in [1.82, 2.24) is 19.4 Å². The fraction of sp³-hybridized carbons (Fsp3) is 0.353. The van der Waals surface area contributed by atoms with E-state index in [-0.39, 0.29) is 5.91 Å². The molecule has 4 rings (SSSR count). The number of amides is 1. The fourth-order valence-corrected chi connectivity index (χ4v) is 4.08. The first kappa shape index (κ1) is 15.3. The molecule has 0 radical (unpaired) electrons. The molecular formula is C17H19N5OS. The number of para-hydroxylation sites is 1. The molecule has 24 heavy (non-hydrogen) atoms. The van der Waals surface area contributed by atoms with Crippen molar-refractivity contribution >= 4 is 32.6 Å². The molecule has 6 nitrogen and oxygen atoms in total. The third kappa shape index (κ3) is 2.81. The minimum Gasteiger partial charge on any atom is -0.333 e. The van der Waals surface area contributed by atoms with Crippen LogP contribution in [0.15, 0.2) is 36.7 Å². The second-order valence-electron chi connectivity index (χ2n) is 5.85. The van der Waals surface area contributed by atoms with E-state index in [1.54, 1.807) is 16.2 Å². The molecular weight excluding hydrogens is 322 g/mol. The van der Waals surface area contributed by atoms with Crippen LogP contribution in [0.4, 0.5) is 5.13 Å². The van der Waals surface area contributed by atoms with E-state index < -0.39 is 0 Å². The number of fused-ring (bicyclic) bond motifs is 2. The van der Waals surface area contributed by atoms with Crippen LogP contribution in [0.5, 0.6) is 0 Å². The Bertz CT molecular complexity index is 838. The van der Waals surface area contributed by atoms with Crippen LogP contribution >= 0.6 is 11.3 Å². The lowest BCUT2D eigenvalue weighted by molar-refractivity contribution is -0.120. The highest BCUT2D eigenvalue weighted by Crippen LogP contribution is 2.28. The molecule has 1 aliphatic rings. The standard InChI is InChI=1S/C17H19N5OS/c1-2-22(17-19-13-5-3-4-6-14(13)24-17)16(23)12-20-9-10-21-8-7-18-15(21)11-20/h3-8H,2,9-12H2,1H3. The maximum atomic E-state index is 12.8. The van der Waals surface area contributed by atoms with E-state index in [4.69, 9.17) is 0 Å². The van der Waals surface area contributed by atoms with Crippen molar-refractivity contribution < 1.29 is 4.79 Å². The molecule has 1 aromatic carbocycles. The normalized spacial score (nSPS) is 14.7. The van der Waals surface area contributed by atoms with Crippen LogP contribution < -0.4 is 4.90 Å². The number of rotatable bonds is 4.